The van der Waals surface area contributed by atoms with E-state index in [1.807, 2.05) is 0 Å². The lowest BCUT2D eigenvalue weighted by atomic mass is 10.0. The van der Waals surface area contributed by atoms with E-state index in [0.29, 0.717) is 11.5 Å². The Balaban J connectivity index is 3.59. The van der Waals surface area contributed by atoms with Crippen molar-refractivity contribution in [1.82, 2.24) is 0 Å². The number of halogens is 1. The first-order chi connectivity index (χ1) is 4.70. The zero-order chi connectivity index (χ0) is 7.98. The molecule has 0 aromatic heterocycles. The quantitative estimate of drug-likeness (QED) is 0.612. The Labute approximate surface area is 67.0 Å². The van der Waals surface area contributed by atoms with Gasteiger partial charge in [-0.25, -0.2) is 0 Å². The van der Waals surface area contributed by atoms with Crippen LogP contribution in [0.25, 0.3) is 0 Å². The van der Waals surface area contributed by atoms with Crippen LogP contribution in [-0.2, 0) is 0 Å². The summed E-state index contributed by atoms with van der Waals surface area (Å²) in [5.74, 6) is 0.197. The van der Waals surface area contributed by atoms with E-state index in [1.165, 1.54) is 0 Å². The highest BCUT2D eigenvalue weighted by Crippen LogP contribution is 2.16. The molecule has 0 aliphatic rings. The molecular weight excluding hydrogens is 148 g/mol. The molecule has 0 fully saturated rings. The average Bonchev–Trinajstić information content (AvgIpc) is 1.86. The number of allylic oxidation sites excluding steroid dienone is 2. The van der Waals surface area contributed by atoms with Crippen LogP contribution in [0.1, 0.15) is 12.8 Å². The smallest absolute Gasteiger partial charge is 0.0465 e. The molecule has 0 aromatic carbocycles. The fraction of sp³-hybridized carbons (Fsp3) is 0.500. The van der Waals surface area contributed by atoms with Crippen molar-refractivity contribution in [2.24, 2.45) is 5.92 Å². The number of aliphatic hydroxyl groups is 1. The van der Waals surface area contributed by atoms with Crippen molar-refractivity contribution in [3.63, 3.8) is 0 Å². The van der Waals surface area contributed by atoms with Crippen molar-refractivity contribution >= 4 is 11.6 Å². The lowest BCUT2D eigenvalue weighted by Gasteiger charge is -2.08. The number of hydrogen-bond acceptors (Lipinski definition) is 1. The lowest BCUT2D eigenvalue weighted by molar-refractivity contribution is 0.228. The van der Waals surface area contributed by atoms with E-state index in [4.69, 9.17) is 16.7 Å². The summed E-state index contributed by atoms with van der Waals surface area (Å²) in [5.41, 5.74) is 0. The highest BCUT2D eigenvalue weighted by atomic mass is 35.5. The molecule has 1 N–H and O–H groups in total. The summed E-state index contributed by atoms with van der Waals surface area (Å²) in [5, 5.41) is 9.36. The van der Waals surface area contributed by atoms with Crippen LogP contribution in [0.15, 0.2) is 24.3 Å². The molecule has 0 saturated carbocycles. The summed E-state index contributed by atoms with van der Waals surface area (Å²) in [4.78, 5) is 0. The first-order valence-electron chi connectivity index (χ1n) is 3.25. The predicted molar refractivity (Wildman–Crippen MR) is 45.0 cm³/mol. The third-order valence-electron chi connectivity index (χ3n) is 1.27. The summed E-state index contributed by atoms with van der Waals surface area (Å²) in [6.07, 6.45) is 3.24. The second-order valence-electron chi connectivity index (χ2n) is 2.29. The maximum absolute atomic E-state index is 8.76. The SMILES string of the molecule is C=CCC(CO)CC(=C)Cl. The van der Waals surface area contributed by atoms with Gasteiger partial charge >= 0.3 is 0 Å². The average molecular weight is 161 g/mol. The standard InChI is InChI=1S/C8H13ClO/c1-3-4-8(6-10)5-7(2)9/h3,8,10H,1-2,4-6H2. The van der Waals surface area contributed by atoms with Crippen LogP contribution in [0.4, 0.5) is 0 Å². The molecule has 10 heavy (non-hydrogen) atoms. The minimum Gasteiger partial charge on any atom is -0.396 e. The molecular formula is C8H13ClO. The molecule has 1 nitrogen and oxygen atoms in total. The van der Waals surface area contributed by atoms with E-state index in [0.717, 1.165) is 6.42 Å². The second-order valence-corrected chi connectivity index (χ2v) is 2.83. The van der Waals surface area contributed by atoms with Gasteiger partial charge in [0.2, 0.25) is 0 Å². The summed E-state index contributed by atoms with van der Waals surface area (Å²) in [6, 6.07) is 0. The van der Waals surface area contributed by atoms with Gasteiger partial charge < -0.3 is 5.11 Å². The largest absolute Gasteiger partial charge is 0.396 e. The van der Waals surface area contributed by atoms with E-state index < -0.39 is 0 Å². The van der Waals surface area contributed by atoms with Crippen molar-refractivity contribution in [2.45, 2.75) is 12.8 Å². The van der Waals surface area contributed by atoms with Crippen LogP contribution in [-0.4, -0.2) is 11.7 Å². The first kappa shape index (κ1) is 9.73. The minimum absolute atomic E-state index is 0.151. The number of aliphatic hydroxyl groups excluding tert-OH is 1. The summed E-state index contributed by atoms with van der Waals surface area (Å²) in [7, 11) is 0. The van der Waals surface area contributed by atoms with Gasteiger partial charge in [0, 0.05) is 11.6 Å². The topological polar surface area (TPSA) is 20.2 Å². The van der Waals surface area contributed by atoms with Crippen molar-refractivity contribution in [3.8, 4) is 0 Å². The summed E-state index contributed by atoms with van der Waals surface area (Å²) in [6.45, 7) is 7.27. The normalized spacial score (nSPS) is 12.6. The highest BCUT2D eigenvalue weighted by molar-refractivity contribution is 6.29. The van der Waals surface area contributed by atoms with Crippen molar-refractivity contribution in [2.75, 3.05) is 6.61 Å². The Hall–Kier alpha value is -0.270. The Morgan fingerprint density at radius 2 is 2.30 bits per heavy atom. The molecule has 0 aromatic rings. The molecule has 2 heteroatoms. The van der Waals surface area contributed by atoms with Crippen molar-refractivity contribution < 1.29 is 5.11 Å². The van der Waals surface area contributed by atoms with Gasteiger partial charge in [0.05, 0.1) is 0 Å². The van der Waals surface area contributed by atoms with Gasteiger partial charge in [0.1, 0.15) is 0 Å². The van der Waals surface area contributed by atoms with Gasteiger partial charge in [-0.05, 0) is 18.8 Å². The molecule has 0 heterocycles. The van der Waals surface area contributed by atoms with Crippen LogP contribution < -0.4 is 0 Å². The van der Waals surface area contributed by atoms with E-state index in [1.54, 1.807) is 6.08 Å². The predicted octanol–water partition coefficient (Wildman–Crippen LogP) is 2.31. The Kier molecular flexibility index (Phi) is 5.36. The maximum atomic E-state index is 8.76. The molecule has 0 rings (SSSR count). The molecule has 0 bridgehead atoms. The molecule has 0 saturated heterocycles. The Morgan fingerprint density at radius 3 is 2.60 bits per heavy atom. The van der Waals surface area contributed by atoms with Crippen LogP contribution in [0.3, 0.4) is 0 Å². The Morgan fingerprint density at radius 1 is 1.70 bits per heavy atom. The molecule has 1 unspecified atom stereocenters. The fourth-order valence-corrected chi connectivity index (χ4v) is 0.990. The van der Waals surface area contributed by atoms with E-state index in [-0.39, 0.29) is 12.5 Å². The molecule has 1 atom stereocenters. The minimum atomic E-state index is 0.151. The molecule has 0 amide bonds. The van der Waals surface area contributed by atoms with Gasteiger partial charge in [-0.2, -0.15) is 0 Å². The van der Waals surface area contributed by atoms with Gasteiger partial charge in [-0.15, -0.1) is 6.58 Å². The molecule has 0 spiro atoms. The molecule has 0 radical (unpaired) electrons. The van der Waals surface area contributed by atoms with E-state index >= 15 is 0 Å². The summed E-state index contributed by atoms with van der Waals surface area (Å²) < 4.78 is 0. The number of rotatable bonds is 5. The molecule has 0 aliphatic carbocycles. The zero-order valence-corrected chi connectivity index (χ0v) is 6.77. The fourth-order valence-electron chi connectivity index (χ4n) is 0.771. The Bertz CT molecular complexity index is 120. The van der Waals surface area contributed by atoms with E-state index in [2.05, 4.69) is 13.2 Å². The van der Waals surface area contributed by atoms with Crippen LogP contribution in [0.5, 0.6) is 0 Å². The maximum Gasteiger partial charge on any atom is 0.0465 e. The van der Waals surface area contributed by atoms with Crippen molar-refractivity contribution in [3.05, 3.63) is 24.3 Å². The molecule has 58 valence electrons. The second kappa shape index (κ2) is 5.51. The summed E-state index contributed by atoms with van der Waals surface area (Å²) >= 11 is 5.55. The van der Waals surface area contributed by atoms with Gasteiger partial charge in [-0.1, -0.05) is 24.3 Å². The van der Waals surface area contributed by atoms with E-state index in [9.17, 15) is 0 Å². The number of hydrogen-bond donors (Lipinski definition) is 1. The van der Waals surface area contributed by atoms with Gasteiger partial charge in [-0.3, -0.25) is 0 Å². The van der Waals surface area contributed by atoms with Gasteiger partial charge in [0.25, 0.3) is 0 Å². The van der Waals surface area contributed by atoms with Gasteiger partial charge in [0.15, 0.2) is 0 Å². The molecule has 0 aliphatic heterocycles. The zero-order valence-electron chi connectivity index (χ0n) is 6.02. The van der Waals surface area contributed by atoms with Crippen LogP contribution in [0, 0.1) is 5.92 Å². The van der Waals surface area contributed by atoms with Crippen molar-refractivity contribution in [1.29, 1.82) is 0 Å². The first-order valence-corrected chi connectivity index (χ1v) is 3.63. The third kappa shape index (κ3) is 4.59. The monoisotopic (exact) mass is 160 g/mol. The highest BCUT2D eigenvalue weighted by Gasteiger charge is 2.04. The van der Waals surface area contributed by atoms with Crippen LogP contribution >= 0.6 is 11.6 Å². The van der Waals surface area contributed by atoms with Crippen LogP contribution in [0.2, 0.25) is 0 Å². The lowest BCUT2D eigenvalue weighted by Crippen LogP contribution is -2.03. The third-order valence-corrected chi connectivity index (χ3v) is 1.42.